The normalized spacial score (nSPS) is 13.0. The number of benzene rings is 1. The highest BCUT2D eigenvalue weighted by Crippen LogP contribution is 2.26. The van der Waals surface area contributed by atoms with E-state index >= 15 is 0 Å². The Morgan fingerprint density at radius 1 is 1.47 bits per heavy atom. The molecule has 2 N–H and O–H groups in total. The van der Waals surface area contributed by atoms with Gasteiger partial charge >= 0.3 is 0 Å². The predicted molar refractivity (Wildman–Crippen MR) is 75.3 cm³/mol. The molecule has 106 valence electrons. The second-order valence-corrected chi connectivity index (χ2v) is 7.04. The fourth-order valence-corrected chi connectivity index (χ4v) is 2.95. The molecule has 0 aliphatic heterocycles. The van der Waals surface area contributed by atoms with Crippen molar-refractivity contribution in [3.05, 3.63) is 23.2 Å². The van der Waals surface area contributed by atoms with Crippen LogP contribution >= 0.6 is 11.6 Å². The summed E-state index contributed by atoms with van der Waals surface area (Å²) in [6, 6.07) is 4.14. The van der Waals surface area contributed by atoms with Crippen LogP contribution in [0.5, 0.6) is 5.75 Å². The van der Waals surface area contributed by atoms with E-state index in [2.05, 4.69) is 5.32 Å². The van der Waals surface area contributed by atoms with Gasteiger partial charge in [0.05, 0.1) is 11.4 Å². The fraction of sp³-hybridized carbons (Fsp3) is 0.417. The van der Waals surface area contributed by atoms with Gasteiger partial charge in [0.25, 0.3) is 0 Å². The van der Waals surface area contributed by atoms with Crippen molar-refractivity contribution in [3.8, 4) is 5.75 Å². The van der Waals surface area contributed by atoms with Crippen LogP contribution in [0.15, 0.2) is 18.2 Å². The Kier molecular flexibility index (Phi) is 5.20. The number of hydrogen-bond donors (Lipinski definition) is 2. The summed E-state index contributed by atoms with van der Waals surface area (Å²) >= 11 is 5.74. The lowest BCUT2D eigenvalue weighted by Crippen LogP contribution is -2.34. The molecule has 1 atom stereocenters. The molecule has 1 aromatic rings. The first-order valence-corrected chi connectivity index (χ1v) is 7.88. The second kappa shape index (κ2) is 6.25. The van der Waals surface area contributed by atoms with Gasteiger partial charge in [0.1, 0.15) is 11.0 Å². The Morgan fingerprint density at radius 3 is 2.68 bits per heavy atom. The summed E-state index contributed by atoms with van der Waals surface area (Å²) < 4.78 is 23.5. The zero-order valence-electron chi connectivity index (χ0n) is 10.7. The van der Waals surface area contributed by atoms with E-state index in [1.807, 2.05) is 0 Å². The molecule has 19 heavy (non-hydrogen) atoms. The van der Waals surface area contributed by atoms with Crippen LogP contribution < -0.4 is 5.32 Å². The van der Waals surface area contributed by atoms with Crippen molar-refractivity contribution < 1.29 is 18.3 Å². The molecule has 0 aliphatic rings. The minimum Gasteiger partial charge on any atom is -0.506 e. The molecule has 1 aromatic carbocycles. The van der Waals surface area contributed by atoms with Crippen molar-refractivity contribution in [2.24, 2.45) is 0 Å². The van der Waals surface area contributed by atoms with Crippen molar-refractivity contribution in [2.75, 3.05) is 11.1 Å². The molecule has 7 heteroatoms. The molecule has 1 rings (SSSR count). The number of halogens is 1. The number of carbonyl (C=O) groups excluding carboxylic acids is 1. The van der Waals surface area contributed by atoms with Gasteiger partial charge in [-0.05, 0) is 31.5 Å². The molecule has 0 aliphatic carbocycles. The topological polar surface area (TPSA) is 83.5 Å². The van der Waals surface area contributed by atoms with Crippen molar-refractivity contribution in [2.45, 2.75) is 25.5 Å². The van der Waals surface area contributed by atoms with Crippen LogP contribution in [-0.2, 0) is 14.6 Å². The lowest BCUT2D eigenvalue weighted by atomic mass is 10.3. The molecule has 1 amide bonds. The first-order chi connectivity index (χ1) is 8.77. The number of carbonyl (C=O) groups is 1. The number of rotatable bonds is 5. The van der Waals surface area contributed by atoms with Crippen LogP contribution in [0.25, 0.3) is 0 Å². The van der Waals surface area contributed by atoms with Gasteiger partial charge in [0, 0.05) is 5.02 Å². The molecular weight excluding hydrogens is 290 g/mol. The van der Waals surface area contributed by atoms with E-state index in [9.17, 15) is 18.3 Å². The summed E-state index contributed by atoms with van der Waals surface area (Å²) in [4.78, 5) is 11.9. The van der Waals surface area contributed by atoms with E-state index < -0.39 is 21.0 Å². The Hall–Kier alpha value is -1.27. The molecule has 0 fully saturated rings. The summed E-state index contributed by atoms with van der Waals surface area (Å²) in [6.07, 6.45) is 0.447. The zero-order valence-corrected chi connectivity index (χ0v) is 12.3. The molecule has 0 saturated carbocycles. The Balaban J connectivity index is 2.88. The average molecular weight is 306 g/mol. The standard InChI is InChI=1S/C12H16ClNO4S/c1-3-6-19(17,18)8(2)12(16)14-10-7-9(13)4-5-11(10)15/h4-5,7-8,15H,3,6H2,1-2H3,(H,14,16)/t8-/m1/s1. The smallest absolute Gasteiger partial charge is 0.242 e. The van der Waals surface area contributed by atoms with Gasteiger partial charge in [-0.25, -0.2) is 8.42 Å². The first-order valence-electron chi connectivity index (χ1n) is 5.79. The fourth-order valence-electron chi connectivity index (χ4n) is 1.47. The third-order valence-electron chi connectivity index (χ3n) is 2.61. The molecule has 0 bridgehead atoms. The number of aromatic hydroxyl groups is 1. The van der Waals surface area contributed by atoms with Crippen molar-refractivity contribution in [1.29, 1.82) is 0 Å². The lowest BCUT2D eigenvalue weighted by Gasteiger charge is -2.13. The zero-order chi connectivity index (χ0) is 14.6. The number of phenolic OH excluding ortho intramolecular Hbond substituents is 1. The number of hydrogen-bond acceptors (Lipinski definition) is 4. The van der Waals surface area contributed by atoms with Crippen molar-refractivity contribution >= 4 is 33.0 Å². The highest BCUT2D eigenvalue weighted by Gasteiger charge is 2.27. The Labute approximate surface area is 117 Å². The molecule has 0 heterocycles. The number of phenols is 1. The highest BCUT2D eigenvalue weighted by atomic mass is 35.5. The summed E-state index contributed by atoms with van der Waals surface area (Å²) in [6.45, 7) is 3.05. The number of anilines is 1. The third kappa shape index (κ3) is 4.11. The van der Waals surface area contributed by atoms with Crippen molar-refractivity contribution in [3.63, 3.8) is 0 Å². The van der Waals surface area contributed by atoms with E-state index in [0.717, 1.165) is 0 Å². The maximum absolute atomic E-state index is 11.9. The quantitative estimate of drug-likeness (QED) is 0.817. The largest absolute Gasteiger partial charge is 0.506 e. The van der Waals surface area contributed by atoms with Crippen molar-refractivity contribution in [1.82, 2.24) is 0 Å². The molecule has 0 radical (unpaired) electrons. The first kappa shape index (κ1) is 15.8. The molecule has 0 saturated heterocycles. The van der Waals surface area contributed by atoms with Crippen LogP contribution in [0.3, 0.4) is 0 Å². The van der Waals surface area contributed by atoms with Gasteiger partial charge in [0.15, 0.2) is 9.84 Å². The predicted octanol–water partition coefficient (Wildman–Crippen LogP) is 2.20. The van der Waals surface area contributed by atoms with Gasteiger partial charge in [0.2, 0.25) is 5.91 Å². The Morgan fingerprint density at radius 2 is 2.11 bits per heavy atom. The third-order valence-corrected chi connectivity index (χ3v) is 5.12. The van der Waals surface area contributed by atoms with Gasteiger partial charge in [-0.15, -0.1) is 0 Å². The Bertz CT molecular complexity index is 571. The van der Waals surface area contributed by atoms with Gasteiger partial charge in [-0.3, -0.25) is 4.79 Å². The highest BCUT2D eigenvalue weighted by molar-refractivity contribution is 7.92. The van der Waals surface area contributed by atoms with Gasteiger partial charge < -0.3 is 10.4 Å². The molecule has 0 spiro atoms. The van der Waals surface area contributed by atoms with E-state index in [4.69, 9.17) is 11.6 Å². The van der Waals surface area contributed by atoms with Crippen LogP contribution in [-0.4, -0.2) is 30.4 Å². The second-order valence-electron chi connectivity index (χ2n) is 4.16. The lowest BCUT2D eigenvalue weighted by molar-refractivity contribution is -0.115. The van der Waals surface area contributed by atoms with Crippen LogP contribution in [0.1, 0.15) is 20.3 Å². The van der Waals surface area contributed by atoms with Crippen LogP contribution in [0.4, 0.5) is 5.69 Å². The summed E-state index contributed by atoms with van der Waals surface area (Å²) in [5.41, 5.74) is 0.0936. The minimum atomic E-state index is -3.48. The molecular formula is C12H16ClNO4S. The summed E-state index contributed by atoms with van der Waals surface area (Å²) in [5.74, 6) is -0.910. The number of sulfone groups is 1. The monoisotopic (exact) mass is 305 g/mol. The van der Waals surface area contributed by atoms with E-state index in [1.54, 1.807) is 6.92 Å². The van der Waals surface area contributed by atoms with Gasteiger partial charge in [-0.2, -0.15) is 0 Å². The number of nitrogens with one attached hydrogen (secondary N) is 1. The average Bonchev–Trinajstić information content (AvgIpc) is 2.32. The van der Waals surface area contributed by atoms with E-state index in [-0.39, 0.29) is 17.2 Å². The summed E-state index contributed by atoms with van der Waals surface area (Å²) in [5, 5.41) is 11.1. The molecule has 0 aromatic heterocycles. The number of amides is 1. The van der Waals surface area contributed by atoms with E-state index in [0.29, 0.717) is 11.4 Å². The van der Waals surface area contributed by atoms with Crippen LogP contribution in [0.2, 0.25) is 5.02 Å². The van der Waals surface area contributed by atoms with Gasteiger partial charge in [-0.1, -0.05) is 18.5 Å². The SMILES string of the molecule is CCCS(=O)(=O)[C@H](C)C(=O)Nc1cc(Cl)ccc1O. The maximum Gasteiger partial charge on any atom is 0.242 e. The summed E-state index contributed by atoms with van der Waals surface area (Å²) in [7, 11) is -3.48. The molecule has 0 unspecified atom stereocenters. The van der Waals surface area contributed by atoms with E-state index in [1.165, 1.54) is 25.1 Å². The molecule has 5 nitrogen and oxygen atoms in total. The minimum absolute atomic E-state index is 0.0525. The maximum atomic E-state index is 11.9. The van der Waals surface area contributed by atoms with Crippen LogP contribution in [0, 0.1) is 0 Å².